The standard InChI is InChI=1S/C82H88BN3Si/c1-45(2)49-21-26-57(27-22-49)84(58-36-51(47(5)6)35-52(37-58)48(7)8)66-32-31-64-77-73(66)61-28-23-50(46(3)4)38-68(61)85(77)67-33-34-69-78-74(67)83(64)65-41-55(81(15,16)17)39-62-63-40-56(82(18,19)20)44-72(76(63)86(78)75(62)65)87(69)70-42-53(79(9,10)11)24-29-59(70)60-30-25-54(43-71(60)87)80(12,13)14/h21-48H,1-20H3. The maximum atomic E-state index is 2.86. The highest BCUT2D eigenvalue weighted by molar-refractivity contribution is 7.24. The maximum absolute atomic E-state index is 3.21. The van der Waals surface area contributed by atoms with Crippen molar-refractivity contribution in [2.75, 3.05) is 4.90 Å². The monoisotopic (exact) mass is 1150 g/mol. The fourth-order valence-corrected chi connectivity index (χ4v) is 21.7. The summed E-state index contributed by atoms with van der Waals surface area (Å²) in [5, 5.41) is 11.6. The van der Waals surface area contributed by atoms with Crippen molar-refractivity contribution in [1.29, 1.82) is 0 Å². The van der Waals surface area contributed by atoms with Crippen molar-refractivity contribution in [3.05, 3.63) is 190 Å². The van der Waals surface area contributed by atoms with Crippen molar-refractivity contribution in [3.63, 3.8) is 0 Å². The van der Waals surface area contributed by atoms with E-state index in [-0.39, 0.29) is 28.4 Å². The molecule has 4 aliphatic heterocycles. The number of fused-ring (bicyclic) bond motifs is 14. The van der Waals surface area contributed by atoms with Gasteiger partial charge in [0.15, 0.2) is 8.07 Å². The van der Waals surface area contributed by atoms with Gasteiger partial charge in [0.05, 0.1) is 22.2 Å². The second-order valence-corrected chi connectivity index (χ2v) is 35.9. The number of benzene rings is 9. The molecule has 0 N–H and O–H groups in total. The van der Waals surface area contributed by atoms with E-state index in [2.05, 4.69) is 298 Å². The minimum atomic E-state index is -3.21. The molecule has 9 aromatic carbocycles. The van der Waals surface area contributed by atoms with Gasteiger partial charge in [-0.15, -0.1) is 0 Å². The van der Waals surface area contributed by atoms with Gasteiger partial charge in [-0.3, -0.25) is 0 Å². The molecule has 5 heteroatoms. The molecule has 2 aromatic heterocycles. The predicted octanol–water partition coefficient (Wildman–Crippen LogP) is 17.8. The minimum Gasteiger partial charge on any atom is -0.310 e. The maximum Gasteiger partial charge on any atom is 0.252 e. The van der Waals surface area contributed by atoms with Crippen molar-refractivity contribution >= 4 is 113 Å². The van der Waals surface area contributed by atoms with Crippen LogP contribution in [0.3, 0.4) is 0 Å². The highest BCUT2D eigenvalue weighted by atomic mass is 28.3. The van der Waals surface area contributed by atoms with E-state index in [1.54, 1.807) is 15.6 Å². The lowest BCUT2D eigenvalue weighted by atomic mass is 9.34. The molecule has 0 fully saturated rings. The largest absolute Gasteiger partial charge is 0.310 e. The number of hydrogen-bond donors (Lipinski definition) is 0. The molecule has 6 heterocycles. The quantitative estimate of drug-likeness (QED) is 0.145. The number of aromatic nitrogens is 2. The molecule has 1 spiro atoms. The van der Waals surface area contributed by atoms with Crippen LogP contribution in [0.15, 0.2) is 146 Å². The zero-order valence-corrected chi connectivity index (χ0v) is 56.6. The molecular formula is C82H88BN3Si. The summed E-state index contributed by atoms with van der Waals surface area (Å²) in [6.07, 6.45) is 0. The number of nitrogens with zero attached hydrogens (tertiary/aromatic N) is 3. The van der Waals surface area contributed by atoms with Gasteiger partial charge in [0.25, 0.3) is 6.71 Å². The Labute approximate surface area is 519 Å². The molecule has 0 bridgehead atoms. The zero-order chi connectivity index (χ0) is 61.4. The van der Waals surface area contributed by atoms with Gasteiger partial charge in [-0.2, -0.15) is 0 Å². The third kappa shape index (κ3) is 7.79. The number of hydrogen-bond acceptors (Lipinski definition) is 1. The van der Waals surface area contributed by atoms with Gasteiger partial charge >= 0.3 is 0 Å². The first-order chi connectivity index (χ1) is 41.0. The molecule has 0 saturated carbocycles. The van der Waals surface area contributed by atoms with Gasteiger partial charge < -0.3 is 14.0 Å². The lowest BCUT2D eigenvalue weighted by Crippen LogP contribution is -2.77. The van der Waals surface area contributed by atoms with Crippen LogP contribution in [0.2, 0.25) is 0 Å². The average molecular weight is 1150 g/mol. The molecule has 0 radical (unpaired) electrons. The lowest BCUT2D eigenvalue weighted by molar-refractivity contribution is 0.590. The minimum absolute atomic E-state index is 0.0399. The van der Waals surface area contributed by atoms with Crippen molar-refractivity contribution in [3.8, 4) is 22.5 Å². The summed E-state index contributed by atoms with van der Waals surface area (Å²) in [6.45, 7) is 47.7. The molecule has 438 valence electrons. The third-order valence-corrected chi connectivity index (χ3v) is 26.0. The molecule has 0 atom stereocenters. The Morgan fingerprint density at radius 2 is 0.908 bits per heavy atom. The molecule has 0 amide bonds. The Balaban J connectivity index is 1.15. The van der Waals surface area contributed by atoms with Gasteiger partial charge in [0.2, 0.25) is 0 Å². The van der Waals surface area contributed by atoms with Crippen molar-refractivity contribution in [2.24, 2.45) is 0 Å². The van der Waals surface area contributed by atoms with Crippen LogP contribution in [0.4, 0.5) is 17.1 Å². The normalized spacial score (nSPS) is 14.7. The summed E-state index contributed by atoms with van der Waals surface area (Å²) in [4.78, 5) is 2.62. The third-order valence-electron chi connectivity index (χ3n) is 21.2. The topological polar surface area (TPSA) is 13.1 Å². The second kappa shape index (κ2) is 18.4. The summed E-state index contributed by atoms with van der Waals surface area (Å²) in [7, 11) is -3.21. The summed E-state index contributed by atoms with van der Waals surface area (Å²) < 4.78 is 5.62. The van der Waals surface area contributed by atoms with Crippen LogP contribution in [0.1, 0.15) is 207 Å². The fourth-order valence-electron chi connectivity index (χ4n) is 16.1. The Morgan fingerprint density at radius 3 is 1.46 bits per heavy atom. The van der Waals surface area contributed by atoms with Gasteiger partial charge in [0, 0.05) is 49.8 Å². The van der Waals surface area contributed by atoms with Gasteiger partial charge in [0.1, 0.15) is 0 Å². The molecular weight excluding hydrogens is 1070 g/mol. The highest BCUT2D eigenvalue weighted by Crippen LogP contribution is 2.49. The van der Waals surface area contributed by atoms with Crippen molar-refractivity contribution in [2.45, 2.75) is 184 Å². The predicted molar refractivity (Wildman–Crippen MR) is 382 cm³/mol. The van der Waals surface area contributed by atoms with Crippen LogP contribution in [-0.2, 0) is 21.7 Å². The van der Waals surface area contributed by atoms with E-state index in [4.69, 9.17) is 0 Å². The van der Waals surface area contributed by atoms with Crippen LogP contribution in [0, 0.1) is 0 Å². The molecule has 0 unspecified atom stereocenters. The van der Waals surface area contributed by atoms with E-state index in [1.165, 1.54) is 149 Å². The van der Waals surface area contributed by atoms with E-state index in [0.717, 1.165) is 0 Å². The van der Waals surface area contributed by atoms with Crippen LogP contribution >= 0.6 is 0 Å². The summed E-state index contributed by atoms with van der Waals surface area (Å²) in [5.41, 5.74) is 29.6. The molecule has 3 nitrogen and oxygen atoms in total. The van der Waals surface area contributed by atoms with Gasteiger partial charge in [-0.1, -0.05) is 229 Å². The summed E-state index contributed by atoms with van der Waals surface area (Å²) in [6, 6.07) is 60.9. The molecule has 87 heavy (non-hydrogen) atoms. The van der Waals surface area contributed by atoms with E-state index in [0.29, 0.717) is 23.7 Å². The van der Waals surface area contributed by atoms with E-state index >= 15 is 0 Å². The molecule has 0 saturated heterocycles. The van der Waals surface area contributed by atoms with E-state index < -0.39 is 8.07 Å². The first-order valence-corrected chi connectivity index (χ1v) is 34.8. The lowest BCUT2D eigenvalue weighted by Gasteiger charge is -2.43. The number of rotatable bonds is 7. The van der Waals surface area contributed by atoms with Crippen LogP contribution < -0.4 is 42.0 Å². The molecule has 4 aliphatic rings. The Bertz CT molecular complexity index is 4700. The van der Waals surface area contributed by atoms with Crippen molar-refractivity contribution < 1.29 is 0 Å². The summed E-state index contributed by atoms with van der Waals surface area (Å²) in [5.74, 6) is 1.51. The fraction of sp³-hybridized carbons (Fsp3) is 0.341. The van der Waals surface area contributed by atoms with Gasteiger partial charge in [-0.05, 0) is 193 Å². The molecule has 15 rings (SSSR count). The Kier molecular flexibility index (Phi) is 11.9. The Morgan fingerprint density at radius 1 is 0.379 bits per heavy atom. The Hall–Kier alpha value is -7.34. The highest BCUT2D eigenvalue weighted by Gasteiger charge is 2.57. The first kappa shape index (κ1) is 56.2. The van der Waals surface area contributed by atoms with Gasteiger partial charge in [-0.25, -0.2) is 0 Å². The van der Waals surface area contributed by atoms with E-state index in [9.17, 15) is 0 Å². The zero-order valence-electron chi connectivity index (χ0n) is 55.6. The molecule has 0 aliphatic carbocycles. The first-order valence-electron chi connectivity index (χ1n) is 32.8. The number of anilines is 3. The SMILES string of the molecule is CC(C)c1ccc(N(c2cc(C(C)C)cc(C(C)C)c2)c2ccc3c4c2c2ccc(C(C)C)cc2n4-c2ccc4c5c2B3c2cc(C(C)(C)C)cc3c6cc(C(C)(C)C)cc(c6n-5c23)[Si]42c3cc(C(C)(C)C)ccc3-c3ccc(C(C)(C)C)cc32)cc1. The van der Waals surface area contributed by atoms with Crippen LogP contribution in [0.5, 0.6) is 0 Å². The summed E-state index contributed by atoms with van der Waals surface area (Å²) >= 11 is 0. The average Bonchev–Trinajstić information content (AvgIpc) is 1.53. The van der Waals surface area contributed by atoms with Crippen LogP contribution in [0.25, 0.3) is 66.1 Å². The van der Waals surface area contributed by atoms with E-state index in [1.807, 2.05) is 0 Å². The smallest absolute Gasteiger partial charge is 0.252 e. The second-order valence-electron chi connectivity index (χ2n) is 32.2. The van der Waals surface area contributed by atoms with Crippen molar-refractivity contribution in [1.82, 2.24) is 9.13 Å². The van der Waals surface area contributed by atoms with Crippen LogP contribution in [-0.4, -0.2) is 23.9 Å². The molecule has 11 aromatic rings.